The molecule has 0 radical (unpaired) electrons. The van der Waals surface area contributed by atoms with Crippen molar-refractivity contribution in [3.05, 3.63) is 12.7 Å². The van der Waals surface area contributed by atoms with E-state index in [1.807, 2.05) is 0 Å². The minimum Gasteiger partial charge on any atom is -0.464 e. The van der Waals surface area contributed by atoms with Crippen molar-refractivity contribution >= 4 is 34.9 Å². The van der Waals surface area contributed by atoms with E-state index in [4.69, 9.17) is 10.5 Å². The van der Waals surface area contributed by atoms with E-state index in [2.05, 4.69) is 41.0 Å². The topological polar surface area (TPSA) is 145 Å². The number of fused-ring (bicyclic) bond motifs is 1. The number of imidazole rings is 1. The van der Waals surface area contributed by atoms with Crippen LogP contribution in [0.15, 0.2) is 12.7 Å². The first-order chi connectivity index (χ1) is 16.2. The molecular formula is C23H33N7O4. The molecule has 4 rings (SSSR count). The molecule has 2 fully saturated rings. The molecule has 1 aliphatic heterocycles. The predicted molar refractivity (Wildman–Crippen MR) is 124 cm³/mol. The average molecular weight is 472 g/mol. The Hall–Kier alpha value is -3.24. The van der Waals surface area contributed by atoms with Crippen LogP contribution in [0, 0.1) is 11.3 Å². The van der Waals surface area contributed by atoms with E-state index >= 15 is 0 Å². The Kier molecular flexibility index (Phi) is 6.46. The van der Waals surface area contributed by atoms with Gasteiger partial charge in [0.25, 0.3) is 5.91 Å². The number of anilines is 1. The number of rotatable bonds is 8. The Morgan fingerprint density at radius 3 is 2.71 bits per heavy atom. The average Bonchev–Trinajstić information content (AvgIpc) is 3.33. The monoisotopic (exact) mass is 471 g/mol. The maximum Gasteiger partial charge on any atom is 0.326 e. The molecule has 0 unspecified atom stereocenters. The summed E-state index contributed by atoms with van der Waals surface area (Å²) in [5.41, 5.74) is 6.25. The van der Waals surface area contributed by atoms with Gasteiger partial charge in [-0.15, -0.1) is 0 Å². The van der Waals surface area contributed by atoms with Gasteiger partial charge in [0.15, 0.2) is 11.5 Å². The largest absolute Gasteiger partial charge is 0.464 e. The number of hydrogen-bond acceptors (Lipinski definition) is 8. The first-order valence-electron chi connectivity index (χ1n) is 11.9. The molecule has 1 saturated heterocycles. The van der Waals surface area contributed by atoms with Crippen LogP contribution in [0.3, 0.4) is 0 Å². The van der Waals surface area contributed by atoms with Gasteiger partial charge in [-0.2, -0.15) is 0 Å². The zero-order valence-corrected chi connectivity index (χ0v) is 20.0. The number of aryl methyl sites for hydroxylation is 1. The predicted octanol–water partition coefficient (Wildman–Crippen LogP) is 2.26. The summed E-state index contributed by atoms with van der Waals surface area (Å²) in [5.74, 6) is -0.0980. The maximum atomic E-state index is 13.1. The number of urea groups is 1. The number of imide groups is 1. The lowest BCUT2D eigenvalue weighted by atomic mass is 9.65. The molecular weight excluding hydrogens is 438 g/mol. The molecule has 184 valence electrons. The number of amides is 3. The summed E-state index contributed by atoms with van der Waals surface area (Å²) >= 11 is 0. The van der Waals surface area contributed by atoms with Gasteiger partial charge >= 0.3 is 12.0 Å². The lowest BCUT2D eigenvalue weighted by Gasteiger charge is -2.42. The van der Waals surface area contributed by atoms with Gasteiger partial charge in [0.1, 0.15) is 23.9 Å². The highest BCUT2D eigenvalue weighted by Crippen LogP contribution is 2.45. The third-order valence-electron chi connectivity index (χ3n) is 7.62. The second kappa shape index (κ2) is 9.19. The van der Waals surface area contributed by atoms with E-state index in [0.717, 1.165) is 24.2 Å². The van der Waals surface area contributed by atoms with Crippen LogP contribution in [-0.2, 0) is 20.9 Å². The van der Waals surface area contributed by atoms with Crippen LogP contribution in [0.1, 0.15) is 59.3 Å². The summed E-state index contributed by atoms with van der Waals surface area (Å²) in [6, 6.07) is -0.516. The molecule has 2 aliphatic rings. The Morgan fingerprint density at radius 1 is 1.26 bits per heavy atom. The van der Waals surface area contributed by atoms with Crippen LogP contribution in [0.2, 0.25) is 0 Å². The number of carbonyl (C=O) groups is 3. The van der Waals surface area contributed by atoms with Crippen molar-refractivity contribution in [2.45, 2.75) is 71.4 Å². The second-order valence-corrected chi connectivity index (χ2v) is 9.96. The molecule has 1 aliphatic carbocycles. The lowest BCUT2D eigenvalue weighted by Crippen LogP contribution is -2.51. The zero-order chi connectivity index (χ0) is 24.5. The van der Waals surface area contributed by atoms with Gasteiger partial charge in [-0.25, -0.2) is 19.7 Å². The molecule has 3 heterocycles. The fraction of sp³-hybridized carbons (Fsp3) is 0.652. The molecule has 11 nitrogen and oxygen atoms in total. The maximum absolute atomic E-state index is 13.1. The fourth-order valence-corrected chi connectivity index (χ4v) is 5.00. The van der Waals surface area contributed by atoms with Gasteiger partial charge in [0, 0.05) is 6.54 Å². The van der Waals surface area contributed by atoms with Crippen LogP contribution in [0.5, 0.6) is 0 Å². The van der Waals surface area contributed by atoms with Crippen LogP contribution in [0.25, 0.3) is 11.2 Å². The quantitative estimate of drug-likeness (QED) is 0.339. The molecule has 0 bridgehead atoms. The molecule has 3 amide bonds. The number of carbonyl (C=O) groups excluding carboxylic acids is 3. The molecule has 3 N–H and O–H groups in total. The fourth-order valence-electron chi connectivity index (χ4n) is 5.00. The minimum atomic E-state index is -0.885. The number of aromatic nitrogens is 4. The standard InChI is InChI=1S/C23H33N7O4/c1-4-22(2,3)15-6-8-23(9-7-15)20(32)30(21(33)28-23)12-16(31)34-11-5-10-29-14-27-17-18(24)25-13-26-19(17)29/h13-15H,4-12H2,1-3H3,(H,28,33)(H2,24,25,26). The summed E-state index contributed by atoms with van der Waals surface area (Å²) in [6.45, 7) is 6.97. The van der Waals surface area contributed by atoms with Crippen molar-refractivity contribution in [1.82, 2.24) is 29.7 Å². The van der Waals surface area contributed by atoms with Gasteiger partial charge in [0.05, 0.1) is 12.9 Å². The van der Waals surface area contributed by atoms with Crippen LogP contribution >= 0.6 is 0 Å². The SMILES string of the molecule is CCC(C)(C)C1CCC2(CC1)NC(=O)N(CC(=O)OCCCn1cnc3c(N)ncnc31)C2=O. The number of hydrogen-bond donors (Lipinski definition) is 2. The summed E-state index contributed by atoms with van der Waals surface area (Å²) in [5, 5.41) is 2.87. The van der Waals surface area contributed by atoms with Crippen LogP contribution in [-0.4, -0.2) is 61.0 Å². The van der Waals surface area contributed by atoms with Crippen molar-refractivity contribution in [2.24, 2.45) is 11.3 Å². The third-order valence-corrected chi connectivity index (χ3v) is 7.62. The Bertz CT molecular complexity index is 1090. The van der Waals surface area contributed by atoms with E-state index in [-0.39, 0.29) is 24.5 Å². The molecule has 1 spiro atoms. The molecule has 0 atom stereocenters. The van der Waals surface area contributed by atoms with E-state index in [9.17, 15) is 14.4 Å². The first kappa shape index (κ1) is 23.9. The summed E-state index contributed by atoms with van der Waals surface area (Å²) in [7, 11) is 0. The third kappa shape index (κ3) is 4.43. The molecule has 1 saturated carbocycles. The molecule has 2 aromatic rings. The highest BCUT2D eigenvalue weighted by molar-refractivity contribution is 6.08. The second-order valence-electron chi connectivity index (χ2n) is 9.96. The zero-order valence-electron chi connectivity index (χ0n) is 20.0. The highest BCUT2D eigenvalue weighted by atomic mass is 16.5. The van der Waals surface area contributed by atoms with Gasteiger partial charge in [-0.3, -0.25) is 14.5 Å². The van der Waals surface area contributed by atoms with E-state index in [1.54, 1.807) is 10.9 Å². The van der Waals surface area contributed by atoms with Crippen LogP contribution in [0.4, 0.5) is 10.6 Å². The number of nitrogens with two attached hydrogens (primary N) is 1. The number of nitrogens with one attached hydrogen (secondary N) is 1. The van der Waals surface area contributed by atoms with Crippen molar-refractivity contribution in [3.63, 3.8) is 0 Å². The number of esters is 1. The number of nitrogen functional groups attached to an aromatic ring is 1. The Morgan fingerprint density at radius 2 is 2.00 bits per heavy atom. The smallest absolute Gasteiger partial charge is 0.326 e. The molecule has 34 heavy (non-hydrogen) atoms. The first-order valence-corrected chi connectivity index (χ1v) is 11.9. The highest BCUT2D eigenvalue weighted by Gasteiger charge is 2.53. The van der Waals surface area contributed by atoms with E-state index in [0.29, 0.717) is 48.7 Å². The minimum absolute atomic E-state index is 0.141. The van der Waals surface area contributed by atoms with E-state index < -0.39 is 17.5 Å². The summed E-state index contributed by atoms with van der Waals surface area (Å²) in [4.78, 5) is 51.2. The number of ether oxygens (including phenoxy) is 1. The van der Waals surface area contributed by atoms with Gasteiger partial charge in [0.2, 0.25) is 0 Å². The molecule has 0 aromatic carbocycles. The van der Waals surface area contributed by atoms with Crippen molar-refractivity contribution in [2.75, 3.05) is 18.9 Å². The summed E-state index contributed by atoms with van der Waals surface area (Å²) in [6.07, 6.45) is 7.53. The number of nitrogens with zero attached hydrogens (tertiary/aromatic N) is 5. The van der Waals surface area contributed by atoms with Gasteiger partial charge in [-0.05, 0) is 43.4 Å². The summed E-state index contributed by atoms with van der Waals surface area (Å²) < 4.78 is 7.09. The lowest BCUT2D eigenvalue weighted by molar-refractivity contribution is -0.148. The van der Waals surface area contributed by atoms with Crippen molar-refractivity contribution in [1.29, 1.82) is 0 Å². The normalized spacial score (nSPS) is 23.0. The van der Waals surface area contributed by atoms with Crippen molar-refractivity contribution < 1.29 is 19.1 Å². The van der Waals surface area contributed by atoms with E-state index in [1.165, 1.54) is 6.33 Å². The van der Waals surface area contributed by atoms with Gasteiger partial charge < -0.3 is 20.4 Å². The van der Waals surface area contributed by atoms with Crippen molar-refractivity contribution in [3.8, 4) is 0 Å². The molecule has 2 aromatic heterocycles. The van der Waals surface area contributed by atoms with Gasteiger partial charge in [-0.1, -0.05) is 27.2 Å². The molecule has 11 heteroatoms. The Balaban J connectivity index is 1.26. The Labute approximate surface area is 198 Å². The van der Waals surface area contributed by atoms with Crippen LogP contribution < -0.4 is 11.1 Å².